The van der Waals surface area contributed by atoms with E-state index in [0.29, 0.717) is 0 Å². The van der Waals surface area contributed by atoms with E-state index in [0.717, 1.165) is 43.7 Å². The van der Waals surface area contributed by atoms with Gasteiger partial charge in [-0.1, -0.05) is 6.07 Å². The summed E-state index contributed by atoms with van der Waals surface area (Å²) in [5.41, 5.74) is 2.43. The zero-order chi connectivity index (χ0) is 14.8. The molecule has 0 aliphatic carbocycles. The van der Waals surface area contributed by atoms with E-state index in [1.54, 1.807) is 7.11 Å². The molecule has 5 heteroatoms. The van der Waals surface area contributed by atoms with E-state index in [1.165, 1.54) is 11.3 Å². The predicted octanol–water partition coefficient (Wildman–Crippen LogP) is 2.39. The van der Waals surface area contributed by atoms with Crippen LogP contribution < -0.4 is 10.2 Å². The number of nitrogens with one attached hydrogen (secondary N) is 1. The van der Waals surface area contributed by atoms with Crippen molar-refractivity contribution in [3.8, 4) is 0 Å². The lowest BCUT2D eigenvalue weighted by Gasteiger charge is -2.24. The minimum Gasteiger partial charge on any atom is -0.396 e. The number of rotatable bonds is 10. The van der Waals surface area contributed by atoms with Gasteiger partial charge in [0, 0.05) is 44.4 Å². The minimum atomic E-state index is 0.232. The van der Waals surface area contributed by atoms with E-state index in [4.69, 9.17) is 9.84 Å². The third-order valence-electron chi connectivity index (χ3n) is 3.13. The van der Waals surface area contributed by atoms with E-state index in [-0.39, 0.29) is 6.61 Å². The van der Waals surface area contributed by atoms with E-state index < -0.39 is 0 Å². The first-order valence-corrected chi connectivity index (χ1v) is 7.86. The molecule has 0 amide bonds. The molecule has 114 valence electrons. The van der Waals surface area contributed by atoms with Crippen molar-refractivity contribution in [1.29, 1.82) is 0 Å². The number of methoxy groups -OCH3 is 1. The van der Waals surface area contributed by atoms with Gasteiger partial charge < -0.3 is 20.1 Å². The summed E-state index contributed by atoms with van der Waals surface area (Å²) >= 11 is 3.65. The normalized spacial score (nSPS) is 10.8. The van der Waals surface area contributed by atoms with Crippen molar-refractivity contribution in [3.05, 3.63) is 28.2 Å². The van der Waals surface area contributed by atoms with Crippen molar-refractivity contribution in [2.75, 3.05) is 44.9 Å². The molecule has 0 unspecified atom stereocenters. The number of benzene rings is 1. The van der Waals surface area contributed by atoms with Crippen LogP contribution in [0.15, 0.2) is 22.7 Å². The maximum absolute atomic E-state index is 8.95. The topological polar surface area (TPSA) is 44.7 Å². The number of anilines is 1. The highest BCUT2D eigenvalue weighted by Crippen LogP contribution is 2.27. The summed E-state index contributed by atoms with van der Waals surface area (Å²) in [4.78, 5) is 2.27. The molecule has 0 aliphatic rings. The Labute approximate surface area is 130 Å². The molecular weight excluding hydrogens is 320 g/mol. The molecule has 20 heavy (non-hydrogen) atoms. The molecule has 0 aliphatic heterocycles. The lowest BCUT2D eigenvalue weighted by molar-refractivity contribution is 0.199. The van der Waals surface area contributed by atoms with Crippen LogP contribution in [0.5, 0.6) is 0 Å². The fourth-order valence-electron chi connectivity index (χ4n) is 2.03. The first-order valence-electron chi connectivity index (χ1n) is 7.06. The summed E-state index contributed by atoms with van der Waals surface area (Å²) < 4.78 is 6.11. The Morgan fingerprint density at radius 1 is 1.40 bits per heavy atom. The fourth-order valence-corrected chi connectivity index (χ4v) is 2.71. The Kier molecular flexibility index (Phi) is 8.85. The highest BCUT2D eigenvalue weighted by Gasteiger charge is 2.08. The standard InChI is InChI=1S/C15H25BrN2O2/c1-3-18(8-4-9-19)15-6-5-13(11-14(15)16)12-17-7-10-20-2/h5-6,11,17,19H,3-4,7-10,12H2,1-2H3. The largest absolute Gasteiger partial charge is 0.396 e. The van der Waals surface area contributed by atoms with Crippen molar-refractivity contribution in [1.82, 2.24) is 5.32 Å². The molecule has 0 saturated carbocycles. The van der Waals surface area contributed by atoms with Gasteiger partial charge in [0.15, 0.2) is 0 Å². The number of halogens is 1. The van der Waals surface area contributed by atoms with Crippen molar-refractivity contribution in [3.63, 3.8) is 0 Å². The number of ether oxygens (including phenoxy) is 1. The minimum absolute atomic E-state index is 0.232. The molecule has 0 heterocycles. The first-order chi connectivity index (χ1) is 9.72. The summed E-state index contributed by atoms with van der Waals surface area (Å²) in [5.74, 6) is 0. The average molecular weight is 345 g/mol. The Hall–Kier alpha value is -0.620. The Morgan fingerprint density at radius 2 is 2.20 bits per heavy atom. The molecular formula is C15H25BrN2O2. The fraction of sp³-hybridized carbons (Fsp3) is 0.600. The second-order valence-corrected chi connectivity index (χ2v) is 5.47. The van der Waals surface area contributed by atoms with Crippen molar-refractivity contribution < 1.29 is 9.84 Å². The van der Waals surface area contributed by atoms with Gasteiger partial charge in [-0.15, -0.1) is 0 Å². The van der Waals surface area contributed by atoms with Gasteiger partial charge in [0.25, 0.3) is 0 Å². The van der Waals surface area contributed by atoms with Gasteiger partial charge in [0.05, 0.1) is 12.3 Å². The van der Waals surface area contributed by atoms with Crippen LogP contribution in [-0.2, 0) is 11.3 Å². The quantitative estimate of drug-likeness (QED) is 0.639. The zero-order valence-electron chi connectivity index (χ0n) is 12.4. The number of hydrogen-bond acceptors (Lipinski definition) is 4. The molecule has 0 fully saturated rings. The lowest BCUT2D eigenvalue weighted by Crippen LogP contribution is -2.25. The monoisotopic (exact) mass is 344 g/mol. The molecule has 0 bridgehead atoms. The van der Waals surface area contributed by atoms with Crippen LogP contribution in [0.4, 0.5) is 5.69 Å². The lowest BCUT2D eigenvalue weighted by atomic mass is 10.2. The predicted molar refractivity (Wildman–Crippen MR) is 87.3 cm³/mol. The number of nitrogens with zero attached hydrogens (tertiary/aromatic N) is 1. The van der Waals surface area contributed by atoms with Gasteiger partial charge in [0.2, 0.25) is 0 Å². The van der Waals surface area contributed by atoms with E-state index in [1.807, 2.05) is 0 Å². The molecule has 4 nitrogen and oxygen atoms in total. The summed E-state index contributed by atoms with van der Waals surface area (Å²) in [7, 11) is 1.71. The van der Waals surface area contributed by atoms with Crippen LogP contribution in [0.3, 0.4) is 0 Å². The maximum atomic E-state index is 8.95. The third-order valence-corrected chi connectivity index (χ3v) is 3.77. The first kappa shape index (κ1) is 17.4. The molecule has 0 radical (unpaired) electrons. The number of hydrogen-bond donors (Lipinski definition) is 2. The third kappa shape index (κ3) is 5.79. The highest BCUT2D eigenvalue weighted by atomic mass is 79.9. The smallest absolute Gasteiger partial charge is 0.0587 e. The van der Waals surface area contributed by atoms with Crippen molar-refractivity contribution in [2.45, 2.75) is 19.9 Å². The molecule has 1 rings (SSSR count). The Morgan fingerprint density at radius 3 is 2.80 bits per heavy atom. The van der Waals surface area contributed by atoms with Crippen LogP contribution in [0.2, 0.25) is 0 Å². The van der Waals surface area contributed by atoms with Crippen LogP contribution in [-0.4, -0.2) is 45.1 Å². The van der Waals surface area contributed by atoms with E-state index in [9.17, 15) is 0 Å². The second kappa shape index (κ2) is 10.2. The summed E-state index contributed by atoms with van der Waals surface area (Å²) in [6, 6.07) is 6.43. The van der Waals surface area contributed by atoms with Crippen LogP contribution in [0, 0.1) is 0 Å². The van der Waals surface area contributed by atoms with Gasteiger partial charge >= 0.3 is 0 Å². The zero-order valence-corrected chi connectivity index (χ0v) is 13.9. The van der Waals surface area contributed by atoms with Crippen LogP contribution >= 0.6 is 15.9 Å². The highest BCUT2D eigenvalue weighted by molar-refractivity contribution is 9.10. The SMILES string of the molecule is CCN(CCCO)c1ccc(CNCCOC)cc1Br. The van der Waals surface area contributed by atoms with Gasteiger partial charge in [-0.3, -0.25) is 0 Å². The van der Waals surface area contributed by atoms with Gasteiger partial charge in [0.1, 0.15) is 0 Å². The molecule has 1 aromatic rings. The van der Waals surface area contributed by atoms with Gasteiger partial charge in [-0.2, -0.15) is 0 Å². The Balaban J connectivity index is 2.61. The second-order valence-electron chi connectivity index (χ2n) is 4.61. The summed E-state index contributed by atoms with van der Waals surface area (Å²) in [5, 5.41) is 12.3. The molecule has 0 aromatic heterocycles. The van der Waals surface area contributed by atoms with Crippen molar-refractivity contribution >= 4 is 21.6 Å². The van der Waals surface area contributed by atoms with E-state index in [2.05, 4.69) is 51.3 Å². The van der Waals surface area contributed by atoms with Crippen molar-refractivity contribution in [2.24, 2.45) is 0 Å². The Bertz CT molecular complexity index is 388. The molecule has 0 saturated heterocycles. The van der Waals surface area contributed by atoms with E-state index >= 15 is 0 Å². The van der Waals surface area contributed by atoms with Gasteiger partial charge in [-0.05, 0) is 47.0 Å². The summed E-state index contributed by atoms with van der Waals surface area (Å²) in [6.07, 6.45) is 0.792. The molecule has 1 aromatic carbocycles. The van der Waals surface area contributed by atoms with Crippen LogP contribution in [0.1, 0.15) is 18.9 Å². The average Bonchev–Trinajstić information content (AvgIpc) is 2.46. The molecule has 0 atom stereocenters. The van der Waals surface area contributed by atoms with Crippen LogP contribution in [0.25, 0.3) is 0 Å². The summed E-state index contributed by atoms with van der Waals surface area (Å²) in [6.45, 7) is 6.59. The number of aliphatic hydroxyl groups excluding tert-OH is 1. The van der Waals surface area contributed by atoms with Gasteiger partial charge in [-0.25, -0.2) is 0 Å². The molecule has 0 spiro atoms. The molecule has 2 N–H and O–H groups in total. The maximum Gasteiger partial charge on any atom is 0.0587 e. The number of aliphatic hydroxyl groups is 1.